The zero-order valence-electron chi connectivity index (χ0n) is 44.7. The third kappa shape index (κ3) is 7.38. The highest BCUT2D eigenvalue weighted by Crippen LogP contribution is 2.53. The van der Waals surface area contributed by atoms with Gasteiger partial charge in [-0.05, 0) is 191 Å². The van der Waals surface area contributed by atoms with Crippen molar-refractivity contribution in [2.75, 3.05) is 9.80 Å². The first-order valence-electron chi connectivity index (χ1n) is 27.5. The molecule has 14 aromatic rings. The van der Waals surface area contributed by atoms with E-state index >= 15 is 0 Å². The molecule has 15 rings (SSSR count). The van der Waals surface area contributed by atoms with Crippen LogP contribution in [0.15, 0.2) is 261 Å². The average Bonchev–Trinajstić information content (AvgIpc) is 3.06. The second-order valence-corrected chi connectivity index (χ2v) is 22.0. The van der Waals surface area contributed by atoms with Gasteiger partial charge in [-0.1, -0.05) is 196 Å². The van der Waals surface area contributed by atoms with E-state index in [2.05, 4.69) is 286 Å². The van der Waals surface area contributed by atoms with Crippen molar-refractivity contribution in [1.82, 2.24) is 4.98 Å². The Hall–Kier alpha value is -9.83. The Kier molecular flexibility index (Phi) is 10.7. The maximum absolute atomic E-state index is 4.72. The number of para-hydroxylation sites is 2. The van der Waals surface area contributed by atoms with Crippen molar-refractivity contribution in [2.45, 2.75) is 33.1 Å². The van der Waals surface area contributed by atoms with Crippen molar-refractivity contribution in [3.8, 4) is 44.5 Å². The van der Waals surface area contributed by atoms with Gasteiger partial charge in [0.15, 0.2) is 0 Å². The van der Waals surface area contributed by atoms with E-state index in [1.54, 1.807) is 0 Å². The number of benzene rings is 13. The molecule has 1 aromatic heterocycles. The molecule has 1 aliphatic carbocycles. The van der Waals surface area contributed by atoms with E-state index in [-0.39, 0.29) is 5.41 Å². The highest BCUT2D eigenvalue weighted by Gasteiger charge is 2.36. The second-order valence-electron chi connectivity index (χ2n) is 22.0. The first-order valence-corrected chi connectivity index (χ1v) is 27.5. The van der Waals surface area contributed by atoms with Crippen LogP contribution in [-0.2, 0) is 5.41 Å². The van der Waals surface area contributed by atoms with Gasteiger partial charge < -0.3 is 9.80 Å². The molecular weight excluding hydrogens is 955 g/mol. The summed E-state index contributed by atoms with van der Waals surface area (Å²) in [5.41, 5.74) is 22.6. The molecule has 0 radical (unpaired) electrons. The molecule has 0 bridgehead atoms. The Morgan fingerprint density at radius 3 is 1.47 bits per heavy atom. The van der Waals surface area contributed by atoms with Gasteiger partial charge in [0.1, 0.15) is 0 Å². The van der Waals surface area contributed by atoms with Crippen molar-refractivity contribution >= 4 is 88.1 Å². The molecule has 1 aliphatic rings. The number of nitrogens with zero attached hydrogens (tertiary/aromatic N) is 3. The average molecular weight is 1010 g/mol. The number of hydrogen-bond donors (Lipinski definition) is 0. The molecule has 13 aromatic carbocycles. The lowest BCUT2D eigenvalue weighted by Crippen LogP contribution is -2.16. The predicted molar refractivity (Wildman–Crippen MR) is 336 cm³/mol. The zero-order valence-corrected chi connectivity index (χ0v) is 44.7. The summed E-state index contributed by atoms with van der Waals surface area (Å²) in [6.45, 7) is 9.34. The van der Waals surface area contributed by atoms with Gasteiger partial charge >= 0.3 is 0 Å². The molecule has 0 fully saturated rings. The second kappa shape index (κ2) is 18.2. The molecule has 0 spiro atoms. The minimum atomic E-state index is -0.139. The van der Waals surface area contributed by atoms with E-state index < -0.39 is 0 Å². The van der Waals surface area contributed by atoms with Gasteiger partial charge in [0.2, 0.25) is 0 Å². The lowest BCUT2D eigenvalue weighted by molar-refractivity contribution is 0.660. The summed E-state index contributed by atoms with van der Waals surface area (Å²) >= 11 is 0. The molecule has 0 saturated carbocycles. The summed E-state index contributed by atoms with van der Waals surface area (Å²) in [7, 11) is 0. The van der Waals surface area contributed by atoms with E-state index in [9.17, 15) is 0 Å². The normalized spacial score (nSPS) is 12.7. The molecule has 0 saturated heterocycles. The Morgan fingerprint density at radius 2 is 0.810 bits per heavy atom. The van der Waals surface area contributed by atoms with E-state index in [1.807, 2.05) is 12.3 Å². The minimum Gasteiger partial charge on any atom is -0.310 e. The van der Waals surface area contributed by atoms with Gasteiger partial charge in [0.25, 0.3) is 0 Å². The van der Waals surface area contributed by atoms with E-state index in [0.29, 0.717) is 0 Å². The van der Waals surface area contributed by atoms with Crippen LogP contribution < -0.4 is 9.80 Å². The lowest BCUT2D eigenvalue weighted by atomic mass is 9.81. The molecule has 3 nitrogen and oxygen atoms in total. The first kappa shape index (κ1) is 46.5. The van der Waals surface area contributed by atoms with E-state index in [0.717, 1.165) is 45.0 Å². The fraction of sp³-hybridized carbons (Fsp3) is 0.0658. The topological polar surface area (TPSA) is 19.4 Å². The summed E-state index contributed by atoms with van der Waals surface area (Å²) in [6.07, 6.45) is 1.87. The molecule has 0 amide bonds. The van der Waals surface area contributed by atoms with E-state index in [4.69, 9.17) is 4.98 Å². The van der Waals surface area contributed by atoms with Gasteiger partial charge in [0.05, 0.1) is 11.2 Å². The van der Waals surface area contributed by atoms with Crippen LogP contribution in [-0.4, -0.2) is 4.98 Å². The molecular formula is C76H55N3. The van der Waals surface area contributed by atoms with Crippen LogP contribution in [0.25, 0.3) is 98.5 Å². The summed E-state index contributed by atoms with van der Waals surface area (Å²) in [5.74, 6) is 0. The van der Waals surface area contributed by atoms with Crippen molar-refractivity contribution in [3.63, 3.8) is 0 Å². The van der Waals surface area contributed by atoms with Crippen LogP contribution in [0.4, 0.5) is 34.1 Å². The van der Waals surface area contributed by atoms with E-state index in [1.165, 1.54) is 110 Å². The van der Waals surface area contributed by atoms with Crippen molar-refractivity contribution in [1.29, 1.82) is 0 Å². The van der Waals surface area contributed by atoms with Crippen LogP contribution in [0.2, 0.25) is 0 Å². The number of aromatic nitrogens is 1. The summed E-state index contributed by atoms with van der Waals surface area (Å²) in [5, 5.41) is 11.5. The monoisotopic (exact) mass is 1010 g/mol. The number of hydrogen-bond acceptors (Lipinski definition) is 3. The first-order chi connectivity index (χ1) is 38.8. The van der Waals surface area contributed by atoms with Crippen LogP contribution >= 0.6 is 0 Å². The fourth-order valence-corrected chi connectivity index (χ4v) is 13.4. The molecule has 0 N–H and O–H groups in total. The maximum Gasteiger partial charge on any atom is 0.0722 e. The predicted octanol–water partition coefficient (Wildman–Crippen LogP) is 21.1. The number of fused-ring (bicyclic) bond motifs is 7. The highest BCUT2D eigenvalue weighted by molar-refractivity contribution is 6.37. The number of anilines is 6. The fourth-order valence-electron chi connectivity index (χ4n) is 13.4. The standard InChI is InChI=1S/C76H55N3/c1-48-44-66(51-29-34-55(35-30-51)78(54-21-9-6-10-22-54)58-38-33-53-20-17-43-77-70(53)47-58)64-41-42-65-67(45-49(2)73-63-26-12-11-25-62(63)72(48)74(64)75(65)73)52-31-36-56(37-32-52)79(71-28-16-14-23-59(71)50-18-7-5-8-19-50)57-39-40-61-60-24-13-15-27-68(60)76(3,4)69(61)46-57/h5-47H,1-4H3. The molecule has 3 heteroatoms. The molecule has 0 atom stereocenters. The molecule has 0 aliphatic heterocycles. The van der Waals surface area contributed by atoms with Crippen LogP contribution in [0.1, 0.15) is 36.1 Å². The number of rotatable bonds is 9. The molecule has 79 heavy (non-hydrogen) atoms. The van der Waals surface area contributed by atoms with Crippen molar-refractivity contribution in [3.05, 3.63) is 283 Å². The third-order valence-electron chi connectivity index (χ3n) is 17.1. The summed E-state index contributed by atoms with van der Waals surface area (Å²) in [4.78, 5) is 9.50. The smallest absolute Gasteiger partial charge is 0.0722 e. The van der Waals surface area contributed by atoms with Crippen LogP contribution in [0.3, 0.4) is 0 Å². The van der Waals surface area contributed by atoms with Gasteiger partial charge in [-0.2, -0.15) is 0 Å². The van der Waals surface area contributed by atoms with Crippen LogP contribution in [0.5, 0.6) is 0 Å². The Bertz CT molecular complexity index is 4690. The van der Waals surface area contributed by atoms with Crippen molar-refractivity contribution in [2.24, 2.45) is 0 Å². The van der Waals surface area contributed by atoms with Gasteiger partial charge in [-0.3, -0.25) is 4.98 Å². The van der Waals surface area contributed by atoms with Gasteiger partial charge in [0, 0.05) is 51.0 Å². The quantitative estimate of drug-likeness (QED) is 0.106. The maximum atomic E-state index is 4.72. The summed E-state index contributed by atoms with van der Waals surface area (Å²) in [6, 6.07) is 94.1. The largest absolute Gasteiger partial charge is 0.310 e. The number of pyridine rings is 1. The van der Waals surface area contributed by atoms with Gasteiger partial charge in [-0.25, -0.2) is 0 Å². The third-order valence-corrected chi connectivity index (χ3v) is 17.1. The number of aryl methyl sites for hydroxylation is 2. The Morgan fingerprint density at radius 1 is 0.316 bits per heavy atom. The van der Waals surface area contributed by atoms with Crippen LogP contribution in [0, 0.1) is 13.8 Å². The highest BCUT2D eigenvalue weighted by atomic mass is 15.1. The Balaban J connectivity index is 0.876. The summed E-state index contributed by atoms with van der Waals surface area (Å²) < 4.78 is 0. The van der Waals surface area contributed by atoms with Gasteiger partial charge in [-0.15, -0.1) is 0 Å². The lowest BCUT2D eigenvalue weighted by Gasteiger charge is -2.30. The molecule has 1 heterocycles. The molecule has 374 valence electrons. The van der Waals surface area contributed by atoms with Crippen molar-refractivity contribution < 1.29 is 0 Å². The Labute approximate surface area is 461 Å². The molecule has 0 unspecified atom stereocenters. The minimum absolute atomic E-state index is 0.139. The zero-order chi connectivity index (χ0) is 52.9. The SMILES string of the molecule is Cc1cc(-c2ccc(N(c3ccccc3)c3ccc4cccnc4c3)cc2)c2ccc3c(-c4ccc(N(c5ccc6c(c5)C(C)(C)c5ccccc5-6)c5ccccc5-c5ccccc5)cc4)cc(C)c4c5ccccc5c1c2c34.